The van der Waals surface area contributed by atoms with Crippen molar-refractivity contribution in [3.8, 4) is 10.6 Å². The maximum Gasteiger partial charge on any atom is 0.124 e. The first-order valence-corrected chi connectivity index (χ1v) is 7.39. The molecule has 0 unspecified atom stereocenters. The fourth-order valence-corrected chi connectivity index (χ4v) is 3.22. The molecule has 0 saturated carbocycles. The number of thiazole rings is 1. The summed E-state index contributed by atoms with van der Waals surface area (Å²) in [4.78, 5) is 10.5. The number of benzene rings is 1. The van der Waals surface area contributed by atoms with Gasteiger partial charge >= 0.3 is 0 Å². The number of hydrogen-bond donors (Lipinski definition) is 0. The van der Waals surface area contributed by atoms with E-state index in [2.05, 4.69) is 38.2 Å². The molecule has 94 valence electrons. The zero-order chi connectivity index (χ0) is 13.0. The predicted molar refractivity (Wildman–Crippen MR) is 79.6 cm³/mol. The zero-order valence-electron chi connectivity index (χ0n) is 10.2. The summed E-state index contributed by atoms with van der Waals surface area (Å²) in [5, 5.41) is 5.68. The Bertz CT molecular complexity index is 551. The number of hydrogen-bond acceptors (Lipinski definition) is 4. The van der Waals surface area contributed by atoms with Crippen molar-refractivity contribution in [3.05, 3.63) is 40.9 Å². The van der Waals surface area contributed by atoms with Gasteiger partial charge in [-0.15, -0.1) is 11.3 Å². The highest BCUT2D eigenvalue weighted by Gasteiger charge is 2.14. The SMILES string of the molecule is CON=C(CBr)c1sc(-c2ccccc2)nc1C. The highest BCUT2D eigenvalue weighted by Crippen LogP contribution is 2.28. The Morgan fingerprint density at radius 3 is 2.72 bits per heavy atom. The van der Waals surface area contributed by atoms with Crippen LogP contribution in [-0.4, -0.2) is 23.1 Å². The molecule has 0 aliphatic heterocycles. The molecule has 2 aromatic rings. The quantitative estimate of drug-likeness (QED) is 0.486. The first-order valence-electron chi connectivity index (χ1n) is 5.45. The average molecular weight is 325 g/mol. The largest absolute Gasteiger partial charge is 0.399 e. The standard InChI is InChI=1S/C13H13BrN2OS/c1-9-12(11(8-14)16-17-2)18-13(15-9)10-6-4-3-5-7-10/h3-7H,8H2,1-2H3. The maximum absolute atomic E-state index is 4.86. The van der Waals surface area contributed by atoms with Crippen LogP contribution in [-0.2, 0) is 4.84 Å². The van der Waals surface area contributed by atoms with Crippen LogP contribution in [0, 0.1) is 6.92 Å². The summed E-state index contributed by atoms with van der Waals surface area (Å²) in [5.41, 5.74) is 2.98. The third kappa shape index (κ3) is 2.79. The van der Waals surface area contributed by atoms with Gasteiger partial charge in [0.1, 0.15) is 17.8 Å². The number of oxime groups is 1. The fourth-order valence-electron chi connectivity index (χ4n) is 1.61. The molecule has 2 rings (SSSR count). The fraction of sp³-hybridized carbons (Fsp3) is 0.231. The van der Waals surface area contributed by atoms with E-state index >= 15 is 0 Å². The smallest absolute Gasteiger partial charge is 0.124 e. The molecule has 1 aromatic heterocycles. The number of alkyl halides is 1. The van der Waals surface area contributed by atoms with Crippen molar-refractivity contribution >= 4 is 33.0 Å². The molecule has 0 spiro atoms. The second kappa shape index (κ2) is 6.11. The Morgan fingerprint density at radius 1 is 1.39 bits per heavy atom. The molecule has 1 aromatic carbocycles. The van der Waals surface area contributed by atoms with Crippen molar-refractivity contribution in [2.45, 2.75) is 6.92 Å². The summed E-state index contributed by atoms with van der Waals surface area (Å²) < 4.78 is 0. The van der Waals surface area contributed by atoms with Crippen LogP contribution in [0.5, 0.6) is 0 Å². The molecular weight excluding hydrogens is 312 g/mol. The molecular formula is C13H13BrN2OS. The molecule has 0 atom stereocenters. The number of nitrogens with zero attached hydrogens (tertiary/aromatic N) is 2. The summed E-state index contributed by atoms with van der Waals surface area (Å²) in [6.45, 7) is 1.99. The van der Waals surface area contributed by atoms with E-state index in [-0.39, 0.29) is 0 Å². The molecule has 0 saturated heterocycles. The summed E-state index contributed by atoms with van der Waals surface area (Å²) in [6.07, 6.45) is 0. The Balaban J connectivity index is 2.41. The molecule has 0 N–H and O–H groups in total. The minimum Gasteiger partial charge on any atom is -0.399 e. The van der Waals surface area contributed by atoms with Crippen LogP contribution in [0.1, 0.15) is 10.6 Å². The Labute approximate surface area is 119 Å². The van der Waals surface area contributed by atoms with Crippen LogP contribution in [0.3, 0.4) is 0 Å². The van der Waals surface area contributed by atoms with Gasteiger partial charge in [0.25, 0.3) is 0 Å². The van der Waals surface area contributed by atoms with E-state index in [0.717, 1.165) is 26.9 Å². The summed E-state index contributed by atoms with van der Waals surface area (Å²) >= 11 is 5.05. The van der Waals surface area contributed by atoms with Gasteiger partial charge < -0.3 is 4.84 Å². The van der Waals surface area contributed by atoms with Crippen LogP contribution in [0.2, 0.25) is 0 Å². The van der Waals surface area contributed by atoms with Gasteiger partial charge in [-0.1, -0.05) is 51.4 Å². The van der Waals surface area contributed by atoms with Crippen molar-refractivity contribution < 1.29 is 4.84 Å². The lowest BCUT2D eigenvalue weighted by molar-refractivity contribution is 0.213. The third-order valence-electron chi connectivity index (χ3n) is 2.41. The van der Waals surface area contributed by atoms with Crippen molar-refractivity contribution in [1.82, 2.24) is 4.98 Å². The van der Waals surface area contributed by atoms with E-state index in [4.69, 9.17) is 4.84 Å². The molecule has 0 fully saturated rings. The topological polar surface area (TPSA) is 34.5 Å². The summed E-state index contributed by atoms with van der Waals surface area (Å²) in [7, 11) is 1.55. The van der Waals surface area contributed by atoms with Crippen molar-refractivity contribution in [2.24, 2.45) is 5.16 Å². The molecule has 5 heteroatoms. The molecule has 0 aliphatic rings. The van der Waals surface area contributed by atoms with Crippen LogP contribution in [0.25, 0.3) is 10.6 Å². The molecule has 3 nitrogen and oxygen atoms in total. The van der Waals surface area contributed by atoms with Crippen molar-refractivity contribution in [3.63, 3.8) is 0 Å². The van der Waals surface area contributed by atoms with Crippen molar-refractivity contribution in [2.75, 3.05) is 12.4 Å². The van der Waals surface area contributed by atoms with Gasteiger partial charge in [0.15, 0.2) is 0 Å². The second-order valence-electron chi connectivity index (χ2n) is 3.65. The lowest BCUT2D eigenvalue weighted by atomic mass is 10.2. The Kier molecular flexibility index (Phi) is 4.49. The first-order chi connectivity index (χ1) is 8.76. The van der Waals surface area contributed by atoms with Gasteiger partial charge in [0.05, 0.1) is 15.9 Å². The van der Waals surface area contributed by atoms with Crippen LogP contribution in [0.15, 0.2) is 35.5 Å². The summed E-state index contributed by atoms with van der Waals surface area (Å²) in [5.74, 6) is 0. The van der Waals surface area contributed by atoms with Crippen LogP contribution in [0.4, 0.5) is 0 Å². The minimum absolute atomic E-state index is 0.651. The molecule has 18 heavy (non-hydrogen) atoms. The second-order valence-corrected chi connectivity index (χ2v) is 5.21. The molecule has 0 radical (unpaired) electrons. The Hall–Kier alpha value is -1.20. The van der Waals surface area contributed by atoms with E-state index in [9.17, 15) is 0 Å². The Morgan fingerprint density at radius 2 is 2.11 bits per heavy atom. The molecule has 0 amide bonds. The first kappa shape index (κ1) is 13.2. The van der Waals surface area contributed by atoms with Crippen molar-refractivity contribution in [1.29, 1.82) is 0 Å². The lowest BCUT2D eigenvalue weighted by Gasteiger charge is -1.98. The molecule has 1 heterocycles. The van der Waals surface area contributed by atoms with Crippen LogP contribution >= 0.6 is 27.3 Å². The minimum atomic E-state index is 0.651. The summed E-state index contributed by atoms with van der Waals surface area (Å²) in [6, 6.07) is 10.1. The van der Waals surface area contributed by atoms with E-state index in [1.54, 1.807) is 18.4 Å². The van der Waals surface area contributed by atoms with E-state index < -0.39 is 0 Å². The van der Waals surface area contributed by atoms with Gasteiger partial charge in [0.2, 0.25) is 0 Å². The van der Waals surface area contributed by atoms with Gasteiger partial charge in [-0.3, -0.25) is 0 Å². The van der Waals surface area contributed by atoms with E-state index in [1.165, 1.54) is 0 Å². The molecule has 0 aliphatic carbocycles. The third-order valence-corrected chi connectivity index (χ3v) is 4.19. The normalized spacial score (nSPS) is 11.6. The maximum atomic E-state index is 4.86. The highest BCUT2D eigenvalue weighted by atomic mass is 79.9. The van der Waals surface area contributed by atoms with Crippen LogP contribution < -0.4 is 0 Å². The number of halogens is 1. The zero-order valence-corrected chi connectivity index (χ0v) is 12.6. The van der Waals surface area contributed by atoms with Gasteiger partial charge in [-0.2, -0.15) is 0 Å². The monoisotopic (exact) mass is 324 g/mol. The number of aromatic nitrogens is 1. The predicted octanol–water partition coefficient (Wildman–Crippen LogP) is 3.86. The lowest BCUT2D eigenvalue weighted by Crippen LogP contribution is -2.02. The number of aryl methyl sites for hydroxylation is 1. The van der Waals surface area contributed by atoms with E-state index in [1.807, 2.05) is 25.1 Å². The van der Waals surface area contributed by atoms with Gasteiger partial charge in [-0.05, 0) is 6.92 Å². The van der Waals surface area contributed by atoms with Gasteiger partial charge in [0, 0.05) is 5.56 Å². The van der Waals surface area contributed by atoms with E-state index in [0.29, 0.717) is 5.33 Å². The average Bonchev–Trinajstić information content (AvgIpc) is 2.79. The highest BCUT2D eigenvalue weighted by molar-refractivity contribution is 9.09. The molecule has 0 bridgehead atoms. The van der Waals surface area contributed by atoms with Gasteiger partial charge in [-0.25, -0.2) is 4.98 Å². The number of rotatable bonds is 4.